The number of hydrogen-bond acceptors (Lipinski definition) is 7. The predicted octanol–water partition coefficient (Wildman–Crippen LogP) is 2.78. The molecule has 0 aromatic carbocycles. The minimum absolute atomic E-state index is 0.320. The van der Waals surface area contributed by atoms with Crippen molar-refractivity contribution in [3.8, 4) is 0 Å². The number of esters is 1. The molecular weight excluding hydrogens is 398 g/mol. The van der Waals surface area contributed by atoms with Gasteiger partial charge in [-0.3, -0.25) is 0 Å². The minimum Gasteiger partial charge on any atom is -0.462 e. The lowest BCUT2D eigenvalue weighted by Gasteiger charge is -2.22. The van der Waals surface area contributed by atoms with Crippen molar-refractivity contribution in [3.05, 3.63) is 40.9 Å². The lowest BCUT2D eigenvalue weighted by atomic mass is 10.2. The number of sulfonamides is 1. The van der Waals surface area contributed by atoms with E-state index in [-0.39, 0.29) is 0 Å². The van der Waals surface area contributed by atoms with E-state index >= 15 is 0 Å². The van der Waals surface area contributed by atoms with Gasteiger partial charge in [0.15, 0.2) is 0 Å². The van der Waals surface area contributed by atoms with Gasteiger partial charge >= 0.3 is 5.97 Å². The SMILES string of the molecule is CCOC(=O)c1ccc(N2CCCN(S(=O)(=O)c3ccc(CC)s3)CC2)nc1. The summed E-state index contributed by atoms with van der Waals surface area (Å²) in [4.78, 5) is 19.2. The van der Waals surface area contributed by atoms with Gasteiger partial charge in [-0.2, -0.15) is 4.31 Å². The summed E-state index contributed by atoms with van der Waals surface area (Å²) in [7, 11) is -3.46. The highest BCUT2D eigenvalue weighted by Crippen LogP contribution is 2.26. The normalized spacial score (nSPS) is 16.0. The van der Waals surface area contributed by atoms with Crippen LogP contribution >= 0.6 is 11.3 Å². The van der Waals surface area contributed by atoms with Gasteiger partial charge in [0.05, 0.1) is 12.2 Å². The van der Waals surface area contributed by atoms with Gasteiger partial charge < -0.3 is 9.64 Å². The largest absolute Gasteiger partial charge is 0.462 e. The quantitative estimate of drug-likeness (QED) is 0.665. The van der Waals surface area contributed by atoms with E-state index in [4.69, 9.17) is 4.74 Å². The lowest BCUT2D eigenvalue weighted by Crippen LogP contribution is -2.35. The number of hydrogen-bond donors (Lipinski definition) is 0. The molecule has 0 radical (unpaired) electrons. The molecule has 3 rings (SSSR count). The third-order valence-electron chi connectivity index (χ3n) is 4.62. The summed E-state index contributed by atoms with van der Waals surface area (Å²) in [5.74, 6) is 0.341. The van der Waals surface area contributed by atoms with Gasteiger partial charge in [-0.1, -0.05) is 6.92 Å². The van der Waals surface area contributed by atoms with E-state index in [1.807, 2.05) is 13.0 Å². The van der Waals surface area contributed by atoms with Crippen LogP contribution in [0, 0.1) is 0 Å². The summed E-state index contributed by atoms with van der Waals surface area (Å²) in [5.41, 5.74) is 0.411. The summed E-state index contributed by atoms with van der Waals surface area (Å²) in [6.07, 6.45) is 3.05. The predicted molar refractivity (Wildman–Crippen MR) is 109 cm³/mol. The molecule has 0 unspecified atom stereocenters. The first-order valence-corrected chi connectivity index (χ1v) is 11.7. The highest BCUT2D eigenvalue weighted by molar-refractivity contribution is 7.91. The summed E-state index contributed by atoms with van der Waals surface area (Å²) >= 11 is 1.35. The number of rotatable bonds is 6. The fraction of sp³-hybridized carbons (Fsp3) is 0.474. The van der Waals surface area contributed by atoms with E-state index in [1.165, 1.54) is 17.5 Å². The maximum Gasteiger partial charge on any atom is 0.339 e. The number of thiophene rings is 1. The maximum atomic E-state index is 12.9. The number of aryl methyl sites for hydroxylation is 1. The Bertz CT molecular complexity index is 910. The Morgan fingerprint density at radius 2 is 1.96 bits per heavy atom. The molecule has 152 valence electrons. The molecule has 0 aliphatic carbocycles. The third kappa shape index (κ3) is 4.53. The smallest absolute Gasteiger partial charge is 0.339 e. The summed E-state index contributed by atoms with van der Waals surface area (Å²) in [6.45, 7) is 6.25. The molecule has 2 aromatic heterocycles. The minimum atomic E-state index is -3.46. The highest BCUT2D eigenvalue weighted by atomic mass is 32.2. The number of anilines is 1. The number of carbonyl (C=O) groups is 1. The standard InChI is InChI=1S/C19H25N3O4S2/c1-3-16-7-9-18(27-16)28(24,25)22-11-5-10-21(12-13-22)17-8-6-15(14-20-17)19(23)26-4-2/h6-9,14H,3-5,10-13H2,1-2H3. The molecule has 3 heterocycles. The average Bonchev–Trinajstić information content (AvgIpc) is 3.06. The van der Waals surface area contributed by atoms with Crippen molar-refractivity contribution in [2.24, 2.45) is 0 Å². The number of carbonyl (C=O) groups excluding carboxylic acids is 1. The Morgan fingerprint density at radius 3 is 2.61 bits per heavy atom. The summed E-state index contributed by atoms with van der Waals surface area (Å²) < 4.78 is 32.8. The zero-order valence-electron chi connectivity index (χ0n) is 16.1. The van der Waals surface area contributed by atoms with Crippen molar-refractivity contribution >= 4 is 33.1 Å². The molecule has 28 heavy (non-hydrogen) atoms. The van der Waals surface area contributed by atoms with E-state index in [0.29, 0.717) is 49.0 Å². The Morgan fingerprint density at radius 1 is 1.14 bits per heavy atom. The molecule has 0 spiro atoms. The Hall–Kier alpha value is -1.97. The van der Waals surface area contributed by atoms with Gasteiger partial charge in [0.25, 0.3) is 10.0 Å². The van der Waals surface area contributed by atoms with Crippen molar-refractivity contribution < 1.29 is 17.9 Å². The number of pyridine rings is 1. The topological polar surface area (TPSA) is 79.8 Å². The van der Waals surface area contributed by atoms with E-state index in [9.17, 15) is 13.2 Å². The molecule has 2 aromatic rings. The van der Waals surface area contributed by atoms with Crippen molar-refractivity contribution in [1.29, 1.82) is 0 Å². The molecule has 7 nitrogen and oxygen atoms in total. The first-order valence-electron chi connectivity index (χ1n) is 9.42. The zero-order chi connectivity index (χ0) is 20.1. The van der Waals surface area contributed by atoms with Crippen molar-refractivity contribution in [3.63, 3.8) is 0 Å². The second kappa shape index (κ2) is 9.02. The van der Waals surface area contributed by atoms with Crippen LogP contribution in [0.25, 0.3) is 0 Å². The molecular formula is C19H25N3O4S2. The van der Waals surface area contributed by atoms with E-state index in [1.54, 1.807) is 29.4 Å². The fourth-order valence-electron chi connectivity index (χ4n) is 3.09. The first kappa shape index (κ1) is 20.8. The molecule has 0 bridgehead atoms. The molecule has 0 amide bonds. The summed E-state index contributed by atoms with van der Waals surface area (Å²) in [6, 6.07) is 7.06. The van der Waals surface area contributed by atoms with Gasteiger partial charge in [-0.15, -0.1) is 11.3 Å². The number of nitrogens with zero attached hydrogens (tertiary/aromatic N) is 3. The molecule has 0 saturated carbocycles. The van der Waals surface area contributed by atoms with Crippen LogP contribution in [0.5, 0.6) is 0 Å². The van der Waals surface area contributed by atoms with Gasteiger partial charge in [0.1, 0.15) is 10.0 Å². The summed E-state index contributed by atoms with van der Waals surface area (Å²) in [5, 5.41) is 0. The third-order valence-corrected chi connectivity index (χ3v) is 8.21. The van der Waals surface area contributed by atoms with Crippen LogP contribution < -0.4 is 4.90 Å². The number of aromatic nitrogens is 1. The molecule has 9 heteroatoms. The highest BCUT2D eigenvalue weighted by Gasteiger charge is 2.28. The average molecular weight is 424 g/mol. The monoisotopic (exact) mass is 423 g/mol. The number of ether oxygens (including phenoxy) is 1. The molecule has 1 aliphatic heterocycles. The van der Waals surface area contributed by atoms with E-state index in [0.717, 1.165) is 17.1 Å². The van der Waals surface area contributed by atoms with Crippen LogP contribution in [-0.4, -0.2) is 56.5 Å². The first-order chi connectivity index (χ1) is 13.5. The van der Waals surface area contributed by atoms with Gasteiger partial charge in [-0.25, -0.2) is 18.2 Å². The van der Waals surface area contributed by atoms with E-state index < -0.39 is 16.0 Å². The fourth-order valence-corrected chi connectivity index (χ4v) is 6.01. The Labute approximate surface area is 170 Å². The molecule has 1 saturated heterocycles. The zero-order valence-corrected chi connectivity index (χ0v) is 17.8. The molecule has 0 atom stereocenters. The van der Waals surface area contributed by atoms with Crippen LogP contribution in [0.4, 0.5) is 5.82 Å². The van der Waals surface area contributed by atoms with Crippen molar-refractivity contribution in [2.75, 3.05) is 37.7 Å². The molecule has 1 aliphatic rings. The molecule has 1 fully saturated rings. The second-order valence-corrected chi connectivity index (χ2v) is 9.78. The van der Waals surface area contributed by atoms with Crippen LogP contribution in [-0.2, 0) is 21.2 Å². The maximum absolute atomic E-state index is 12.9. The van der Waals surface area contributed by atoms with Crippen LogP contribution in [0.3, 0.4) is 0 Å². The molecule has 0 N–H and O–H groups in total. The van der Waals surface area contributed by atoms with Gasteiger partial charge in [0, 0.05) is 37.3 Å². The van der Waals surface area contributed by atoms with Crippen molar-refractivity contribution in [1.82, 2.24) is 9.29 Å². The van der Waals surface area contributed by atoms with Gasteiger partial charge in [-0.05, 0) is 44.0 Å². The van der Waals surface area contributed by atoms with Crippen LogP contribution in [0.15, 0.2) is 34.7 Å². The van der Waals surface area contributed by atoms with Gasteiger partial charge in [0.2, 0.25) is 0 Å². The Kier molecular flexibility index (Phi) is 6.69. The van der Waals surface area contributed by atoms with Crippen LogP contribution in [0.2, 0.25) is 0 Å². The van der Waals surface area contributed by atoms with Crippen LogP contribution in [0.1, 0.15) is 35.5 Å². The lowest BCUT2D eigenvalue weighted by molar-refractivity contribution is 0.0526. The Balaban J connectivity index is 1.68. The second-order valence-electron chi connectivity index (χ2n) is 6.44. The van der Waals surface area contributed by atoms with E-state index in [2.05, 4.69) is 9.88 Å². The van der Waals surface area contributed by atoms with Crippen molar-refractivity contribution in [2.45, 2.75) is 30.9 Å².